The van der Waals surface area contributed by atoms with Crippen molar-refractivity contribution in [2.75, 3.05) is 13.7 Å². The molecule has 14 heavy (non-hydrogen) atoms. The van der Waals surface area contributed by atoms with Crippen molar-refractivity contribution < 1.29 is 4.74 Å². The first-order chi connectivity index (χ1) is 6.81. The van der Waals surface area contributed by atoms with Gasteiger partial charge in [-0.2, -0.15) is 0 Å². The van der Waals surface area contributed by atoms with Crippen molar-refractivity contribution in [3.63, 3.8) is 0 Å². The Morgan fingerprint density at radius 1 is 1.36 bits per heavy atom. The molecule has 0 heterocycles. The largest absolute Gasteiger partial charge is 0.494 e. The molecule has 1 rings (SSSR count). The standard InChI is InChI=1S/C12H19NO/c1-4-12(13-3)10-7-6-8-11(9-10)14-5-2/h6-9,12-13H,4-5H2,1-3H3. The number of rotatable bonds is 5. The second kappa shape index (κ2) is 5.66. The zero-order chi connectivity index (χ0) is 10.4. The van der Waals surface area contributed by atoms with Gasteiger partial charge in [0.25, 0.3) is 0 Å². The number of hydrogen-bond donors (Lipinski definition) is 1. The minimum Gasteiger partial charge on any atom is -0.494 e. The van der Waals surface area contributed by atoms with Gasteiger partial charge in [0.1, 0.15) is 5.75 Å². The lowest BCUT2D eigenvalue weighted by molar-refractivity contribution is 0.339. The Bertz CT molecular complexity index is 269. The highest BCUT2D eigenvalue weighted by Gasteiger charge is 2.06. The molecular weight excluding hydrogens is 174 g/mol. The third kappa shape index (κ3) is 2.74. The molecular formula is C12H19NO. The van der Waals surface area contributed by atoms with Crippen LogP contribution in [-0.2, 0) is 0 Å². The average Bonchev–Trinajstić information content (AvgIpc) is 2.21. The molecule has 1 N–H and O–H groups in total. The first-order valence-corrected chi connectivity index (χ1v) is 5.21. The molecule has 2 nitrogen and oxygen atoms in total. The number of ether oxygens (including phenoxy) is 1. The van der Waals surface area contributed by atoms with E-state index >= 15 is 0 Å². The van der Waals surface area contributed by atoms with Crippen molar-refractivity contribution in [2.24, 2.45) is 0 Å². The van der Waals surface area contributed by atoms with Gasteiger partial charge in [-0.3, -0.25) is 0 Å². The van der Waals surface area contributed by atoms with E-state index in [9.17, 15) is 0 Å². The highest BCUT2D eigenvalue weighted by Crippen LogP contribution is 2.20. The third-order valence-corrected chi connectivity index (χ3v) is 2.33. The molecule has 0 aliphatic rings. The Balaban J connectivity index is 2.81. The maximum Gasteiger partial charge on any atom is 0.119 e. The van der Waals surface area contributed by atoms with Gasteiger partial charge in [0.2, 0.25) is 0 Å². The summed E-state index contributed by atoms with van der Waals surface area (Å²) in [6, 6.07) is 8.70. The Morgan fingerprint density at radius 2 is 2.14 bits per heavy atom. The molecule has 1 unspecified atom stereocenters. The molecule has 2 heteroatoms. The first-order valence-electron chi connectivity index (χ1n) is 5.21. The zero-order valence-electron chi connectivity index (χ0n) is 9.21. The van der Waals surface area contributed by atoms with Crippen LogP contribution in [0.2, 0.25) is 0 Å². The van der Waals surface area contributed by atoms with Crippen molar-refractivity contribution in [3.8, 4) is 5.75 Å². The maximum absolute atomic E-state index is 5.46. The third-order valence-electron chi connectivity index (χ3n) is 2.33. The van der Waals surface area contributed by atoms with Crippen LogP contribution in [0.25, 0.3) is 0 Å². The van der Waals surface area contributed by atoms with Gasteiger partial charge >= 0.3 is 0 Å². The summed E-state index contributed by atoms with van der Waals surface area (Å²) in [7, 11) is 1.99. The number of hydrogen-bond acceptors (Lipinski definition) is 2. The van der Waals surface area contributed by atoms with Crippen LogP contribution in [0.5, 0.6) is 5.75 Å². The lowest BCUT2D eigenvalue weighted by Gasteiger charge is -2.15. The van der Waals surface area contributed by atoms with Gasteiger partial charge in [-0.1, -0.05) is 19.1 Å². The maximum atomic E-state index is 5.46. The quantitative estimate of drug-likeness (QED) is 0.776. The summed E-state index contributed by atoms with van der Waals surface area (Å²) in [6.07, 6.45) is 1.09. The van der Waals surface area contributed by atoms with Gasteiger partial charge in [-0.15, -0.1) is 0 Å². The highest BCUT2D eigenvalue weighted by atomic mass is 16.5. The van der Waals surface area contributed by atoms with Gasteiger partial charge in [0.15, 0.2) is 0 Å². The monoisotopic (exact) mass is 193 g/mol. The van der Waals surface area contributed by atoms with Crippen LogP contribution < -0.4 is 10.1 Å². The molecule has 0 fully saturated rings. The van der Waals surface area contributed by atoms with E-state index in [1.165, 1.54) is 5.56 Å². The van der Waals surface area contributed by atoms with Crippen molar-refractivity contribution in [1.82, 2.24) is 5.32 Å². The van der Waals surface area contributed by atoms with E-state index in [-0.39, 0.29) is 0 Å². The van der Waals surface area contributed by atoms with Crippen LogP contribution in [0.15, 0.2) is 24.3 Å². The van der Waals surface area contributed by atoms with Crippen molar-refractivity contribution in [3.05, 3.63) is 29.8 Å². The van der Waals surface area contributed by atoms with Crippen molar-refractivity contribution in [1.29, 1.82) is 0 Å². The van der Waals surface area contributed by atoms with E-state index in [1.807, 2.05) is 26.1 Å². The molecule has 78 valence electrons. The lowest BCUT2D eigenvalue weighted by Crippen LogP contribution is -2.15. The van der Waals surface area contributed by atoms with E-state index in [0.717, 1.165) is 18.8 Å². The molecule has 0 aliphatic heterocycles. The van der Waals surface area contributed by atoms with E-state index in [2.05, 4.69) is 24.4 Å². The number of benzene rings is 1. The number of nitrogens with one attached hydrogen (secondary N) is 1. The van der Waals surface area contributed by atoms with E-state index in [1.54, 1.807) is 0 Å². The summed E-state index contributed by atoms with van der Waals surface area (Å²) in [5.74, 6) is 0.957. The highest BCUT2D eigenvalue weighted by molar-refractivity contribution is 5.30. The minimum atomic E-state index is 0.426. The average molecular weight is 193 g/mol. The second-order valence-electron chi connectivity index (χ2n) is 3.26. The summed E-state index contributed by atoms with van der Waals surface area (Å²) >= 11 is 0. The van der Waals surface area contributed by atoms with Crippen LogP contribution in [-0.4, -0.2) is 13.7 Å². The van der Waals surface area contributed by atoms with Crippen LogP contribution in [0, 0.1) is 0 Å². The van der Waals surface area contributed by atoms with Crippen molar-refractivity contribution in [2.45, 2.75) is 26.3 Å². The summed E-state index contributed by atoms with van der Waals surface area (Å²) in [5, 5.41) is 3.28. The molecule has 0 radical (unpaired) electrons. The van der Waals surface area contributed by atoms with E-state index in [4.69, 9.17) is 4.74 Å². The molecule has 0 saturated heterocycles. The molecule has 0 bridgehead atoms. The fourth-order valence-electron chi connectivity index (χ4n) is 1.59. The Labute approximate surface area is 86.3 Å². The molecule has 0 amide bonds. The fourth-order valence-corrected chi connectivity index (χ4v) is 1.59. The zero-order valence-corrected chi connectivity index (χ0v) is 9.21. The fraction of sp³-hybridized carbons (Fsp3) is 0.500. The lowest BCUT2D eigenvalue weighted by atomic mass is 10.0. The Morgan fingerprint density at radius 3 is 2.71 bits per heavy atom. The van der Waals surface area contributed by atoms with Gasteiger partial charge in [-0.05, 0) is 38.1 Å². The van der Waals surface area contributed by atoms with Crippen LogP contribution >= 0.6 is 0 Å². The summed E-state index contributed by atoms with van der Waals surface area (Å²) < 4.78 is 5.46. The second-order valence-corrected chi connectivity index (χ2v) is 3.26. The predicted octanol–water partition coefficient (Wildman–Crippen LogP) is 2.76. The molecule has 0 spiro atoms. The SMILES string of the molecule is CCOc1cccc(C(CC)NC)c1. The summed E-state index contributed by atoms with van der Waals surface area (Å²) in [5.41, 5.74) is 1.29. The van der Waals surface area contributed by atoms with Gasteiger partial charge in [0.05, 0.1) is 6.61 Å². The first kappa shape index (κ1) is 11.1. The summed E-state index contributed by atoms with van der Waals surface area (Å²) in [4.78, 5) is 0. The molecule has 0 saturated carbocycles. The topological polar surface area (TPSA) is 21.3 Å². The van der Waals surface area contributed by atoms with Gasteiger partial charge in [-0.25, -0.2) is 0 Å². The molecule has 1 atom stereocenters. The molecule has 1 aromatic rings. The smallest absolute Gasteiger partial charge is 0.119 e. The van der Waals surface area contributed by atoms with E-state index < -0.39 is 0 Å². The van der Waals surface area contributed by atoms with Gasteiger partial charge in [0, 0.05) is 6.04 Å². The molecule has 1 aromatic carbocycles. The Kier molecular flexibility index (Phi) is 4.47. The summed E-state index contributed by atoms with van der Waals surface area (Å²) in [6.45, 7) is 4.90. The minimum absolute atomic E-state index is 0.426. The molecule has 0 aromatic heterocycles. The normalized spacial score (nSPS) is 12.5. The molecule has 0 aliphatic carbocycles. The van der Waals surface area contributed by atoms with Crippen LogP contribution in [0.3, 0.4) is 0 Å². The van der Waals surface area contributed by atoms with E-state index in [0.29, 0.717) is 6.04 Å². The van der Waals surface area contributed by atoms with Crippen LogP contribution in [0.4, 0.5) is 0 Å². The predicted molar refractivity (Wildman–Crippen MR) is 59.7 cm³/mol. The van der Waals surface area contributed by atoms with Crippen molar-refractivity contribution >= 4 is 0 Å². The van der Waals surface area contributed by atoms with Gasteiger partial charge < -0.3 is 10.1 Å². The van der Waals surface area contributed by atoms with Crippen LogP contribution in [0.1, 0.15) is 31.9 Å². The Hall–Kier alpha value is -1.02.